The summed E-state index contributed by atoms with van der Waals surface area (Å²) in [6.45, 7) is 2.36. The molecule has 3 nitrogen and oxygen atoms in total. The summed E-state index contributed by atoms with van der Waals surface area (Å²) in [4.78, 5) is 11.6. The van der Waals surface area contributed by atoms with Crippen molar-refractivity contribution >= 4 is 5.78 Å². The number of hydrogen-bond acceptors (Lipinski definition) is 3. The van der Waals surface area contributed by atoms with Crippen LogP contribution in [-0.4, -0.2) is 24.1 Å². The van der Waals surface area contributed by atoms with E-state index in [1.54, 1.807) is 6.92 Å². The second-order valence-corrected chi connectivity index (χ2v) is 4.86. The van der Waals surface area contributed by atoms with Crippen molar-refractivity contribution in [2.24, 2.45) is 5.92 Å². The molecular formula is C15H20O3. The topological polar surface area (TPSA) is 46.5 Å². The molecule has 2 rings (SSSR count). The Labute approximate surface area is 108 Å². The third kappa shape index (κ3) is 2.98. The minimum Gasteiger partial charge on any atom is -0.396 e. The van der Waals surface area contributed by atoms with Gasteiger partial charge >= 0.3 is 0 Å². The first-order valence-corrected chi connectivity index (χ1v) is 6.53. The smallest absolute Gasteiger partial charge is 0.133 e. The van der Waals surface area contributed by atoms with Crippen LogP contribution in [0.15, 0.2) is 24.3 Å². The number of benzene rings is 1. The fraction of sp³-hybridized carbons (Fsp3) is 0.533. The number of fused-ring (bicyclic) bond motifs is 1. The van der Waals surface area contributed by atoms with E-state index in [1.807, 2.05) is 12.1 Å². The highest BCUT2D eigenvalue weighted by atomic mass is 16.5. The Kier molecular flexibility index (Phi) is 4.50. The Morgan fingerprint density at radius 1 is 1.50 bits per heavy atom. The number of rotatable bonds is 5. The minimum absolute atomic E-state index is 0.00426. The van der Waals surface area contributed by atoms with E-state index in [4.69, 9.17) is 9.84 Å². The summed E-state index contributed by atoms with van der Waals surface area (Å²) in [5, 5.41) is 9.02. The van der Waals surface area contributed by atoms with Gasteiger partial charge in [-0.3, -0.25) is 4.79 Å². The maximum atomic E-state index is 11.6. The van der Waals surface area contributed by atoms with E-state index in [-0.39, 0.29) is 24.4 Å². The highest BCUT2D eigenvalue weighted by Gasteiger charge is 2.25. The molecular weight excluding hydrogens is 228 g/mol. The third-order valence-corrected chi connectivity index (χ3v) is 3.64. The lowest BCUT2D eigenvalue weighted by Crippen LogP contribution is -2.22. The number of carbonyl (C=O) groups is 1. The zero-order valence-electron chi connectivity index (χ0n) is 10.8. The van der Waals surface area contributed by atoms with Gasteiger partial charge in [-0.05, 0) is 37.3 Å². The first-order chi connectivity index (χ1) is 8.72. The van der Waals surface area contributed by atoms with Crippen molar-refractivity contribution < 1.29 is 14.6 Å². The lowest BCUT2D eigenvalue weighted by Gasteiger charge is -2.28. The molecule has 0 aromatic heterocycles. The molecule has 0 aliphatic carbocycles. The molecule has 1 heterocycles. The molecule has 0 saturated heterocycles. The fourth-order valence-electron chi connectivity index (χ4n) is 2.57. The number of carbonyl (C=O) groups excluding carboxylic acids is 1. The Hall–Kier alpha value is -1.19. The highest BCUT2D eigenvalue weighted by Crippen LogP contribution is 2.32. The molecule has 18 heavy (non-hydrogen) atoms. The molecule has 3 heteroatoms. The van der Waals surface area contributed by atoms with E-state index in [1.165, 1.54) is 11.1 Å². The predicted octanol–water partition coefficient (Wildman–Crippen LogP) is 2.28. The van der Waals surface area contributed by atoms with E-state index in [9.17, 15) is 4.79 Å². The molecule has 1 aliphatic rings. The van der Waals surface area contributed by atoms with Crippen molar-refractivity contribution in [3.63, 3.8) is 0 Å². The lowest BCUT2D eigenvalue weighted by molar-refractivity contribution is -0.122. The van der Waals surface area contributed by atoms with Gasteiger partial charge in [-0.25, -0.2) is 0 Å². The number of aliphatic hydroxyl groups is 1. The molecule has 98 valence electrons. The normalized spacial score (nSPS) is 20.2. The van der Waals surface area contributed by atoms with Gasteiger partial charge in [0.05, 0.1) is 12.7 Å². The SMILES string of the molecule is CC(=O)C(CCO)CC1OCCc2ccccc21. The highest BCUT2D eigenvalue weighted by molar-refractivity contribution is 5.78. The maximum absolute atomic E-state index is 11.6. The van der Waals surface area contributed by atoms with Crippen LogP contribution < -0.4 is 0 Å². The summed E-state index contributed by atoms with van der Waals surface area (Å²) in [5.74, 6) is 0.0295. The quantitative estimate of drug-likeness (QED) is 0.869. The number of aliphatic hydroxyl groups excluding tert-OH is 1. The molecule has 0 saturated carbocycles. The van der Waals surface area contributed by atoms with Crippen molar-refractivity contribution in [1.29, 1.82) is 0 Å². The van der Waals surface area contributed by atoms with Crippen molar-refractivity contribution in [2.75, 3.05) is 13.2 Å². The van der Waals surface area contributed by atoms with Crippen molar-refractivity contribution in [3.05, 3.63) is 35.4 Å². The van der Waals surface area contributed by atoms with Crippen molar-refractivity contribution in [2.45, 2.75) is 32.3 Å². The van der Waals surface area contributed by atoms with Crippen LogP contribution in [0, 0.1) is 5.92 Å². The largest absolute Gasteiger partial charge is 0.396 e. The monoisotopic (exact) mass is 248 g/mol. The van der Waals surface area contributed by atoms with Crippen LogP contribution in [0.2, 0.25) is 0 Å². The summed E-state index contributed by atoms with van der Waals surface area (Å²) in [6.07, 6.45) is 2.14. The van der Waals surface area contributed by atoms with Crippen LogP contribution in [0.4, 0.5) is 0 Å². The van der Waals surface area contributed by atoms with Crippen molar-refractivity contribution in [1.82, 2.24) is 0 Å². The van der Waals surface area contributed by atoms with Crippen LogP contribution in [0.25, 0.3) is 0 Å². The van der Waals surface area contributed by atoms with Gasteiger partial charge < -0.3 is 9.84 Å². The standard InChI is InChI=1S/C15H20O3/c1-11(17)13(6-8-16)10-15-14-5-3-2-4-12(14)7-9-18-15/h2-5,13,15-16H,6-10H2,1H3. The van der Waals surface area contributed by atoms with Crippen LogP contribution in [0.5, 0.6) is 0 Å². The van der Waals surface area contributed by atoms with Crippen LogP contribution in [-0.2, 0) is 16.0 Å². The predicted molar refractivity (Wildman–Crippen MR) is 69.3 cm³/mol. The average molecular weight is 248 g/mol. The molecule has 0 bridgehead atoms. The summed E-state index contributed by atoms with van der Waals surface area (Å²) in [6, 6.07) is 8.25. The van der Waals surface area contributed by atoms with E-state index in [2.05, 4.69) is 12.1 Å². The molecule has 1 aromatic carbocycles. The summed E-state index contributed by atoms with van der Waals surface area (Å²) >= 11 is 0. The van der Waals surface area contributed by atoms with E-state index in [0.29, 0.717) is 19.4 Å². The molecule has 2 atom stereocenters. The van der Waals surface area contributed by atoms with Gasteiger partial charge in [0.15, 0.2) is 0 Å². The van der Waals surface area contributed by atoms with E-state index >= 15 is 0 Å². The van der Waals surface area contributed by atoms with E-state index in [0.717, 1.165) is 6.42 Å². The zero-order valence-corrected chi connectivity index (χ0v) is 10.8. The second-order valence-electron chi connectivity index (χ2n) is 4.86. The minimum atomic E-state index is -0.105. The van der Waals surface area contributed by atoms with Crippen molar-refractivity contribution in [3.8, 4) is 0 Å². The van der Waals surface area contributed by atoms with Crippen LogP contribution >= 0.6 is 0 Å². The Bertz CT molecular complexity index is 414. The average Bonchev–Trinajstić information content (AvgIpc) is 2.38. The third-order valence-electron chi connectivity index (χ3n) is 3.64. The number of ketones is 1. The van der Waals surface area contributed by atoms with Gasteiger partial charge in [0.25, 0.3) is 0 Å². The van der Waals surface area contributed by atoms with Gasteiger partial charge in [0.1, 0.15) is 5.78 Å². The summed E-state index contributed by atoms with van der Waals surface area (Å²) < 4.78 is 5.80. The van der Waals surface area contributed by atoms with Crippen LogP contribution in [0.3, 0.4) is 0 Å². The van der Waals surface area contributed by atoms with Gasteiger partial charge in [-0.15, -0.1) is 0 Å². The first kappa shape index (κ1) is 13.2. The van der Waals surface area contributed by atoms with Gasteiger partial charge in [-0.1, -0.05) is 24.3 Å². The van der Waals surface area contributed by atoms with E-state index < -0.39 is 0 Å². The fourth-order valence-corrected chi connectivity index (χ4v) is 2.57. The first-order valence-electron chi connectivity index (χ1n) is 6.53. The summed E-state index contributed by atoms with van der Waals surface area (Å²) in [7, 11) is 0. The summed E-state index contributed by atoms with van der Waals surface area (Å²) in [5.41, 5.74) is 2.52. The Morgan fingerprint density at radius 2 is 2.28 bits per heavy atom. The molecule has 1 aliphatic heterocycles. The molecule has 0 radical (unpaired) electrons. The van der Waals surface area contributed by atoms with Gasteiger partial charge in [-0.2, -0.15) is 0 Å². The number of hydrogen-bond donors (Lipinski definition) is 1. The lowest BCUT2D eigenvalue weighted by atomic mass is 9.88. The van der Waals surface area contributed by atoms with Crippen LogP contribution in [0.1, 0.15) is 37.0 Å². The molecule has 0 amide bonds. The maximum Gasteiger partial charge on any atom is 0.133 e. The number of ether oxygens (including phenoxy) is 1. The molecule has 2 unspecified atom stereocenters. The van der Waals surface area contributed by atoms with Gasteiger partial charge in [0, 0.05) is 12.5 Å². The molecule has 0 spiro atoms. The molecule has 1 N–H and O–H groups in total. The Morgan fingerprint density at radius 3 is 3.00 bits per heavy atom. The second kappa shape index (κ2) is 6.12. The molecule has 1 aromatic rings. The van der Waals surface area contributed by atoms with Gasteiger partial charge in [0.2, 0.25) is 0 Å². The Balaban J connectivity index is 2.12. The zero-order chi connectivity index (χ0) is 13.0. The number of Topliss-reactive ketones (excluding diaryl/α,β-unsaturated/α-hetero) is 1. The molecule has 0 fully saturated rings.